The second-order valence-electron chi connectivity index (χ2n) is 4.87. The molecule has 5 nitrogen and oxygen atoms in total. The first-order chi connectivity index (χ1) is 10.2. The van der Waals surface area contributed by atoms with Gasteiger partial charge in [-0.25, -0.2) is 4.98 Å². The number of halogens is 1. The summed E-state index contributed by atoms with van der Waals surface area (Å²) in [5.41, 5.74) is 5.82. The smallest absolute Gasteiger partial charge is 0.111 e. The zero-order valence-corrected chi connectivity index (χ0v) is 13.2. The minimum absolute atomic E-state index is 0.101. The van der Waals surface area contributed by atoms with E-state index in [2.05, 4.69) is 42.0 Å². The number of pyridine rings is 1. The average molecular weight is 346 g/mol. The molecule has 0 saturated heterocycles. The van der Waals surface area contributed by atoms with Crippen LogP contribution in [0.25, 0.3) is 11.0 Å². The van der Waals surface area contributed by atoms with E-state index in [1.807, 2.05) is 37.4 Å². The third-order valence-corrected chi connectivity index (χ3v) is 4.26. The topological polar surface area (TPSA) is 68.8 Å². The van der Waals surface area contributed by atoms with E-state index < -0.39 is 0 Å². The van der Waals surface area contributed by atoms with E-state index in [-0.39, 0.29) is 6.04 Å². The van der Waals surface area contributed by atoms with E-state index in [4.69, 9.17) is 5.84 Å². The molecule has 1 atom stereocenters. The molecule has 3 aromatic rings. The van der Waals surface area contributed by atoms with E-state index in [0.717, 1.165) is 27.0 Å². The van der Waals surface area contributed by atoms with E-state index in [0.29, 0.717) is 6.42 Å². The minimum Gasteiger partial charge on any atom is -0.331 e. The van der Waals surface area contributed by atoms with Crippen molar-refractivity contribution in [3.05, 3.63) is 58.6 Å². The Morgan fingerprint density at radius 2 is 2.10 bits per heavy atom. The van der Waals surface area contributed by atoms with Gasteiger partial charge in [0, 0.05) is 24.1 Å². The number of hydrogen-bond donors (Lipinski definition) is 2. The van der Waals surface area contributed by atoms with Crippen LogP contribution in [0.15, 0.2) is 47.1 Å². The zero-order chi connectivity index (χ0) is 14.8. The zero-order valence-electron chi connectivity index (χ0n) is 11.6. The second kappa shape index (κ2) is 5.93. The predicted octanol–water partition coefficient (Wildman–Crippen LogP) is 2.48. The van der Waals surface area contributed by atoms with E-state index in [1.54, 1.807) is 6.20 Å². The molecule has 0 aliphatic rings. The fourth-order valence-corrected chi connectivity index (χ4v) is 2.98. The molecule has 0 spiro atoms. The standard InChI is InChI=1S/C15H16BrN5/c1-21-13-7-3-2-6-11(13)19-14(21)9-12(20-17)15-10(16)5-4-8-18-15/h2-8,12,20H,9,17H2,1H3. The number of para-hydroxylation sites is 2. The molecule has 1 unspecified atom stereocenters. The van der Waals surface area contributed by atoms with Gasteiger partial charge in [-0.15, -0.1) is 0 Å². The summed E-state index contributed by atoms with van der Waals surface area (Å²) in [5, 5.41) is 0. The van der Waals surface area contributed by atoms with Crippen LogP contribution in [0.5, 0.6) is 0 Å². The van der Waals surface area contributed by atoms with Gasteiger partial charge in [-0.05, 0) is 40.2 Å². The number of benzene rings is 1. The van der Waals surface area contributed by atoms with Crippen molar-refractivity contribution in [1.29, 1.82) is 0 Å². The van der Waals surface area contributed by atoms with Gasteiger partial charge in [-0.1, -0.05) is 12.1 Å². The second-order valence-corrected chi connectivity index (χ2v) is 5.72. The molecule has 1 aromatic carbocycles. The maximum atomic E-state index is 5.72. The monoisotopic (exact) mass is 345 g/mol. The highest BCUT2D eigenvalue weighted by Crippen LogP contribution is 2.24. The average Bonchev–Trinajstić information content (AvgIpc) is 2.82. The number of hydrazine groups is 1. The van der Waals surface area contributed by atoms with Crippen LogP contribution in [0.3, 0.4) is 0 Å². The Morgan fingerprint density at radius 1 is 1.29 bits per heavy atom. The molecule has 3 N–H and O–H groups in total. The SMILES string of the molecule is Cn1c(CC(NN)c2ncccc2Br)nc2ccccc21. The molecule has 0 aliphatic carbocycles. The Balaban J connectivity index is 1.96. The molecule has 108 valence electrons. The number of aryl methyl sites for hydroxylation is 1. The van der Waals surface area contributed by atoms with Gasteiger partial charge in [0.15, 0.2) is 0 Å². The third-order valence-electron chi connectivity index (χ3n) is 3.58. The summed E-state index contributed by atoms with van der Waals surface area (Å²) >= 11 is 3.52. The summed E-state index contributed by atoms with van der Waals surface area (Å²) in [6.45, 7) is 0. The summed E-state index contributed by atoms with van der Waals surface area (Å²) in [7, 11) is 2.02. The lowest BCUT2D eigenvalue weighted by Crippen LogP contribution is -2.31. The molecule has 0 bridgehead atoms. The molecule has 0 aliphatic heterocycles. The number of nitrogens with one attached hydrogen (secondary N) is 1. The number of imidazole rings is 1. The summed E-state index contributed by atoms with van der Waals surface area (Å²) in [5.74, 6) is 6.69. The van der Waals surface area contributed by atoms with Crippen LogP contribution in [-0.4, -0.2) is 14.5 Å². The lowest BCUT2D eigenvalue weighted by atomic mass is 10.1. The van der Waals surface area contributed by atoms with Crippen LogP contribution >= 0.6 is 15.9 Å². The maximum Gasteiger partial charge on any atom is 0.111 e. The van der Waals surface area contributed by atoms with Crippen molar-refractivity contribution in [3.8, 4) is 0 Å². The number of nitrogens with zero attached hydrogens (tertiary/aromatic N) is 3. The van der Waals surface area contributed by atoms with Gasteiger partial charge in [0.25, 0.3) is 0 Å². The quantitative estimate of drug-likeness (QED) is 0.563. The van der Waals surface area contributed by atoms with Crippen LogP contribution < -0.4 is 11.3 Å². The predicted molar refractivity (Wildman–Crippen MR) is 86.4 cm³/mol. The summed E-state index contributed by atoms with van der Waals surface area (Å²) in [4.78, 5) is 9.08. The molecule has 0 saturated carbocycles. The van der Waals surface area contributed by atoms with Gasteiger partial charge < -0.3 is 4.57 Å². The number of hydrogen-bond acceptors (Lipinski definition) is 4. The molecular weight excluding hydrogens is 330 g/mol. The molecular formula is C15H16BrN5. The minimum atomic E-state index is -0.101. The molecule has 3 rings (SSSR count). The van der Waals surface area contributed by atoms with Crippen LogP contribution in [0.4, 0.5) is 0 Å². The maximum absolute atomic E-state index is 5.72. The van der Waals surface area contributed by atoms with Crippen molar-refractivity contribution in [3.63, 3.8) is 0 Å². The van der Waals surface area contributed by atoms with Gasteiger partial charge >= 0.3 is 0 Å². The Bertz CT molecular complexity index is 768. The number of fused-ring (bicyclic) bond motifs is 1. The van der Waals surface area contributed by atoms with Crippen molar-refractivity contribution in [2.75, 3.05) is 0 Å². The highest BCUT2D eigenvalue weighted by molar-refractivity contribution is 9.10. The van der Waals surface area contributed by atoms with Crippen molar-refractivity contribution < 1.29 is 0 Å². The molecule has 2 heterocycles. The first-order valence-corrected chi connectivity index (χ1v) is 7.47. The van der Waals surface area contributed by atoms with E-state index >= 15 is 0 Å². The Hall–Kier alpha value is -1.76. The van der Waals surface area contributed by atoms with Crippen molar-refractivity contribution >= 4 is 27.0 Å². The Kier molecular flexibility index (Phi) is 4.01. The van der Waals surface area contributed by atoms with Crippen LogP contribution in [-0.2, 0) is 13.5 Å². The highest BCUT2D eigenvalue weighted by atomic mass is 79.9. The van der Waals surface area contributed by atoms with E-state index in [1.165, 1.54) is 0 Å². The molecule has 21 heavy (non-hydrogen) atoms. The Labute approximate surface area is 131 Å². The Morgan fingerprint density at radius 3 is 2.81 bits per heavy atom. The van der Waals surface area contributed by atoms with Crippen molar-refractivity contribution in [2.45, 2.75) is 12.5 Å². The fraction of sp³-hybridized carbons (Fsp3) is 0.200. The first-order valence-electron chi connectivity index (χ1n) is 6.67. The van der Waals surface area contributed by atoms with Crippen LogP contribution in [0.1, 0.15) is 17.6 Å². The highest BCUT2D eigenvalue weighted by Gasteiger charge is 2.18. The molecule has 6 heteroatoms. The van der Waals surface area contributed by atoms with Gasteiger partial charge in [0.1, 0.15) is 5.82 Å². The molecule has 0 fully saturated rings. The number of rotatable bonds is 4. The first kappa shape index (κ1) is 14.2. The lowest BCUT2D eigenvalue weighted by Gasteiger charge is -2.16. The van der Waals surface area contributed by atoms with Crippen LogP contribution in [0, 0.1) is 0 Å². The van der Waals surface area contributed by atoms with Gasteiger partial charge in [-0.2, -0.15) is 0 Å². The summed E-state index contributed by atoms with van der Waals surface area (Å²) in [6.07, 6.45) is 2.43. The van der Waals surface area contributed by atoms with Crippen molar-refractivity contribution in [1.82, 2.24) is 20.0 Å². The third kappa shape index (κ3) is 2.70. The normalized spacial score (nSPS) is 12.7. The summed E-state index contributed by atoms with van der Waals surface area (Å²) < 4.78 is 3.03. The number of aromatic nitrogens is 3. The van der Waals surface area contributed by atoms with Gasteiger partial charge in [0.05, 0.1) is 22.8 Å². The number of nitrogens with two attached hydrogens (primary N) is 1. The van der Waals surface area contributed by atoms with Gasteiger partial charge in [-0.3, -0.25) is 16.3 Å². The lowest BCUT2D eigenvalue weighted by molar-refractivity contribution is 0.518. The molecule has 0 radical (unpaired) electrons. The van der Waals surface area contributed by atoms with Crippen molar-refractivity contribution in [2.24, 2.45) is 12.9 Å². The molecule has 0 amide bonds. The largest absolute Gasteiger partial charge is 0.331 e. The van der Waals surface area contributed by atoms with E-state index in [9.17, 15) is 0 Å². The fourth-order valence-electron chi connectivity index (χ4n) is 2.45. The van der Waals surface area contributed by atoms with Gasteiger partial charge in [0.2, 0.25) is 0 Å². The van der Waals surface area contributed by atoms with Crippen LogP contribution in [0.2, 0.25) is 0 Å². The summed E-state index contributed by atoms with van der Waals surface area (Å²) in [6, 6.07) is 11.8. The molecule has 2 aromatic heterocycles.